The van der Waals surface area contributed by atoms with Crippen LogP contribution in [0.4, 0.5) is 5.69 Å². The molecule has 5 rings (SSSR count). The van der Waals surface area contributed by atoms with E-state index in [1.807, 2.05) is 79.1 Å². The summed E-state index contributed by atoms with van der Waals surface area (Å²) in [5.41, 5.74) is 5.29. The minimum absolute atomic E-state index is 0.0168. The second-order valence-corrected chi connectivity index (χ2v) is 10.7. The van der Waals surface area contributed by atoms with Crippen molar-refractivity contribution in [1.82, 2.24) is 9.55 Å². The molecule has 9 heteroatoms. The number of nitrogens with zero attached hydrogens (tertiary/aromatic N) is 2. The Morgan fingerprint density at radius 1 is 0.905 bits per heavy atom. The smallest absolute Gasteiger partial charge is 0.303 e. The number of aromatic nitrogens is 2. The van der Waals surface area contributed by atoms with E-state index in [4.69, 9.17) is 14.6 Å². The van der Waals surface area contributed by atoms with E-state index < -0.39 is 12.3 Å². The molecule has 1 saturated heterocycles. The molecule has 1 amide bonds. The van der Waals surface area contributed by atoms with Gasteiger partial charge in [-0.3, -0.25) is 9.59 Å². The molecule has 1 fully saturated rings. The lowest BCUT2D eigenvalue weighted by Gasteiger charge is -2.36. The first-order valence-electron chi connectivity index (χ1n) is 14.5. The fourth-order valence-corrected chi connectivity index (χ4v) is 5.31. The minimum Gasteiger partial charge on any atom is -0.481 e. The van der Waals surface area contributed by atoms with E-state index in [0.29, 0.717) is 37.9 Å². The predicted molar refractivity (Wildman–Crippen MR) is 159 cm³/mol. The number of carbonyl (C=O) groups is 2. The van der Waals surface area contributed by atoms with Crippen molar-refractivity contribution in [1.29, 1.82) is 0 Å². The number of unbranched alkanes of at least 4 members (excludes halogenated alkanes) is 3. The molecule has 0 unspecified atom stereocenters. The monoisotopic (exact) mass is 571 g/mol. The molecule has 2 heterocycles. The Bertz CT molecular complexity index is 1480. The molecule has 1 aromatic heterocycles. The third-order valence-corrected chi connectivity index (χ3v) is 7.53. The lowest BCUT2D eigenvalue weighted by molar-refractivity contribution is -0.252. The van der Waals surface area contributed by atoms with Gasteiger partial charge in [-0.2, -0.15) is 0 Å². The van der Waals surface area contributed by atoms with Crippen LogP contribution in [0.25, 0.3) is 11.0 Å². The Hall–Kier alpha value is -4.05. The van der Waals surface area contributed by atoms with Crippen LogP contribution in [-0.4, -0.2) is 37.7 Å². The number of para-hydroxylation sites is 2. The van der Waals surface area contributed by atoms with E-state index in [1.165, 1.54) is 0 Å². The number of anilines is 1. The van der Waals surface area contributed by atoms with Crippen molar-refractivity contribution >= 4 is 28.6 Å². The number of fused-ring (bicyclic) bond motifs is 1. The molecule has 3 atom stereocenters. The second-order valence-electron chi connectivity index (χ2n) is 10.7. The van der Waals surface area contributed by atoms with Crippen molar-refractivity contribution in [2.45, 2.75) is 76.6 Å². The molecule has 0 spiro atoms. The zero-order chi connectivity index (χ0) is 29.3. The van der Waals surface area contributed by atoms with Gasteiger partial charge in [0, 0.05) is 30.5 Å². The maximum absolute atomic E-state index is 12.6. The molecule has 3 N–H and O–H groups in total. The number of imidazole rings is 1. The molecular weight excluding hydrogens is 534 g/mol. The molecular formula is C33H37N3O6. The van der Waals surface area contributed by atoms with Gasteiger partial charge >= 0.3 is 5.97 Å². The molecule has 0 radical (unpaired) electrons. The lowest BCUT2D eigenvalue weighted by atomic mass is 10.00. The van der Waals surface area contributed by atoms with Crippen molar-refractivity contribution in [2.75, 3.05) is 5.32 Å². The number of benzene rings is 3. The standard InChI is InChI=1S/C33H37N3O6/c37-21-23-14-16-24(17-15-23)30-19-27(20-36-22-34-28-10-5-6-11-29(28)36)41-33(42-30)25-8-7-9-26(18-25)35-31(38)12-3-1-2-4-13-32(39)40/h5-11,14-18,22,27,30,33,37H,1-4,12-13,19-21H2,(H,35,38)(H,39,40)/t27-,30+,33+/m1/s1. The van der Waals surface area contributed by atoms with Gasteiger partial charge in [-0.05, 0) is 48.2 Å². The third-order valence-electron chi connectivity index (χ3n) is 7.53. The fraction of sp³-hybridized carbons (Fsp3) is 0.364. The van der Waals surface area contributed by atoms with Crippen molar-refractivity contribution in [3.63, 3.8) is 0 Å². The Balaban J connectivity index is 1.27. The molecule has 220 valence electrons. The normalized spacial score (nSPS) is 18.6. The molecule has 0 bridgehead atoms. The number of ether oxygens (including phenoxy) is 2. The van der Waals surface area contributed by atoms with E-state index >= 15 is 0 Å². The quantitative estimate of drug-likeness (QED) is 0.165. The average Bonchev–Trinajstić information content (AvgIpc) is 3.41. The number of aliphatic hydroxyl groups excluding tert-OH is 1. The number of carboxylic acid groups (broad SMARTS) is 1. The van der Waals surface area contributed by atoms with E-state index in [-0.39, 0.29) is 31.1 Å². The Morgan fingerprint density at radius 3 is 2.48 bits per heavy atom. The van der Waals surface area contributed by atoms with Crippen LogP contribution in [0.1, 0.15) is 74.0 Å². The van der Waals surface area contributed by atoms with Crippen molar-refractivity contribution in [3.8, 4) is 0 Å². The summed E-state index contributed by atoms with van der Waals surface area (Å²) in [6, 6.07) is 23.3. The molecule has 1 aliphatic rings. The van der Waals surface area contributed by atoms with Crippen LogP contribution in [0.15, 0.2) is 79.1 Å². The summed E-state index contributed by atoms with van der Waals surface area (Å²) in [5, 5.41) is 21.2. The lowest BCUT2D eigenvalue weighted by Crippen LogP contribution is -2.32. The van der Waals surface area contributed by atoms with Gasteiger partial charge in [-0.15, -0.1) is 0 Å². The first-order chi connectivity index (χ1) is 20.5. The van der Waals surface area contributed by atoms with Gasteiger partial charge < -0.3 is 29.6 Å². The van der Waals surface area contributed by atoms with Crippen molar-refractivity contribution in [2.24, 2.45) is 0 Å². The zero-order valence-corrected chi connectivity index (χ0v) is 23.5. The van der Waals surface area contributed by atoms with Gasteiger partial charge in [0.05, 0.1) is 42.7 Å². The average molecular weight is 572 g/mol. The third kappa shape index (κ3) is 7.82. The van der Waals surface area contributed by atoms with Gasteiger partial charge in [0.2, 0.25) is 5.91 Å². The minimum atomic E-state index is -0.786. The summed E-state index contributed by atoms with van der Waals surface area (Å²) in [5.74, 6) is -0.867. The van der Waals surface area contributed by atoms with Gasteiger partial charge in [0.25, 0.3) is 0 Å². The van der Waals surface area contributed by atoms with Crippen LogP contribution in [-0.2, 0) is 32.2 Å². The number of nitrogens with one attached hydrogen (secondary N) is 1. The van der Waals surface area contributed by atoms with Crippen LogP contribution < -0.4 is 5.32 Å². The first kappa shape index (κ1) is 29.4. The summed E-state index contributed by atoms with van der Waals surface area (Å²) in [7, 11) is 0. The van der Waals surface area contributed by atoms with E-state index in [2.05, 4.69) is 14.9 Å². The number of aliphatic hydroxyl groups is 1. The van der Waals surface area contributed by atoms with Crippen LogP contribution in [0.2, 0.25) is 0 Å². The van der Waals surface area contributed by atoms with Gasteiger partial charge in [0.15, 0.2) is 6.29 Å². The van der Waals surface area contributed by atoms with Gasteiger partial charge in [0.1, 0.15) is 0 Å². The van der Waals surface area contributed by atoms with Gasteiger partial charge in [-0.1, -0.05) is 61.4 Å². The number of carbonyl (C=O) groups excluding carboxylic acids is 1. The molecule has 0 aliphatic carbocycles. The highest BCUT2D eigenvalue weighted by molar-refractivity contribution is 5.90. The van der Waals surface area contributed by atoms with E-state index in [0.717, 1.165) is 40.6 Å². The van der Waals surface area contributed by atoms with Crippen LogP contribution in [0.5, 0.6) is 0 Å². The van der Waals surface area contributed by atoms with E-state index in [9.17, 15) is 14.7 Å². The fourth-order valence-electron chi connectivity index (χ4n) is 5.31. The highest BCUT2D eigenvalue weighted by Gasteiger charge is 2.32. The zero-order valence-electron chi connectivity index (χ0n) is 23.5. The summed E-state index contributed by atoms with van der Waals surface area (Å²) in [6.07, 6.45) is 4.94. The molecule has 1 aliphatic heterocycles. The van der Waals surface area contributed by atoms with Crippen LogP contribution >= 0.6 is 0 Å². The molecule has 9 nitrogen and oxygen atoms in total. The highest BCUT2D eigenvalue weighted by Crippen LogP contribution is 2.39. The molecule has 3 aromatic carbocycles. The maximum atomic E-state index is 12.6. The number of amides is 1. The first-order valence-corrected chi connectivity index (χ1v) is 14.5. The number of carboxylic acids is 1. The molecule has 4 aromatic rings. The number of hydrogen-bond donors (Lipinski definition) is 3. The summed E-state index contributed by atoms with van der Waals surface area (Å²) in [6.45, 7) is 0.589. The number of hydrogen-bond acceptors (Lipinski definition) is 6. The highest BCUT2D eigenvalue weighted by atomic mass is 16.7. The summed E-state index contributed by atoms with van der Waals surface area (Å²) in [4.78, 5) is 27.7. The molecule has 0 saturated carbocycles. The SMILES string of the molecule is O=C(O)CCCCCCC(=O)Nc1cccc([C@H]2O[C@@H](Cn3cnc4ccccc43)C[C@@H](c3ccc(CO)cc3)O2)c1. The van der Waals surface area contributed by atoms with Crippen LogP contribution in [0, 0.1) is 0 Å². The summed E-state index contributed by atoms with van der Waals surface area (Å²) < 4.78 is 15.1. The number of rotatable bonds is 13. The topological polar surface area (TPSA) is 123 Å². The Morgan fingerprint density at radius 2 is 1.69 bits per heavy atom. The Labute approximate surface area is 245 Å². The predicted octanol–water partition coefficient (Wildman–Crippen LogP) is 6.14. The largest absolute Gasteiger partial charge is 0.481 e. The van der Waals surface area contributed by atoms with Crippen LogP contribution in [0.3, 0.4) is 0 Å². The van der Waals surface area contributed by atoms with Gasteiger partial charge in [-0.25, -0.2) is 4.98 Å². The van der Waals surface area contributed by atoms with Crippen molar-refractivity contribution < 1.29 is 29.3 Å². The van der Waals surface area contributed by atoms with E-state index in [1.54, 1.807) is 0 Å². The second kappa shape index (κ2) is 14.2. The van der Waals surface area contributed by atoms with Crippen molar-refractivity contribution in [3.05, 3.63) is 95.8 Å². The molecule has 42 heavy (non-hydrogen) atoms. The maximum Gasteiger partial charge on any atom is 0.303 e. The Kier molecular flexibility index (Phi) is 9.97. The number of aliphatic carboxylic acids is 1. The summed E-state index contributed by atoms with van der Waals surface area (Å²) >= 11 is 0.